The molecule has 0 unspecified atom stereocenters. The Balaban J connectivity index is 2.48. The lowest BCUT2D eigenvalue weighted by Gasteiger charge is -1.81. The van der Waals surface area contributed by atoms with Crippen molar-refractivity contribution in [2.24, 2.45) is 0 Å². The summed E-state index contributed by atoms with van der Waals surface area (Å²) in [6, 6.07) is 1.89. The number of hydrogen-bond donors (Lipinski definition) is 1. The summed E-state index contributed by atoms with van der Waals surface area (Å²) >= 11 is 1.39. The second-order valence-electron chi connectivity index (χ2n) is 1.68. The maximum Gasteiger partial charge on any atom is 0.145 e. The second-order valence-corrected chi connectivity index (χ2v) is 2.35. The number of aromatic nitrogens is 4. The third kappa shape index (κ3) is 0.801. The van der Waals surface area contributed by atoms with E-state index in [-0.39, 0.29) is 0 Å². The molecule has 0 atom stereocenters. The fourth-order valence-corrected chi connectivity index (χ4v) is 1.15. The van der Waals surface area contributed by atoms with Gasteiger partial charge in [-0.1, -0.05) is 5.21 Å². The summed E-state index contributed by atoms with van der Waals surface area (Å²) in [6.07, 6.45) is 2.67. The molecule has 0 saturated carbocycles. The van der Waals surface area contributed by atoms with Gasteiger partial charge in [0, 0.05) is 5.38 Å². The SMILES string of the molecule is [c]1nn[nH]c1-c1ccsn1. The van der Waals surface area contributed by atoms with Crippen LogP contribution in [0.25, 0.3) is 11.4 Å². The van der Waals surface area contributed by atoms with Crippen LogP contribution in [0.15, 0.2) is 11.4 Å². The minimum atomic E-state index is 0.737. The first-order chi connectivity index (χ1) is 4.97. The van der Waals surface area contributed by atoms with E-state index in [1.54, 1.807) is 0 Å². The van der Waals surface area contributed by atoms with Crippen LogP contribution in [-0.2, 0) is 0 Å². The highest BCUT2D eigenvalue weighted by molar-refractivity contribution is 7.03. The summed E-state index contributed by atoms with van der Waals surface area (Å²) in [5.41, 5.74) is 1.58. The molecule has 0 saturated heterocycles. The van der Waals surface area contributed by atoms with E-state index in [2.05, 4.69) is 26.0 Å². The van der Waals surface area contributed by atoms with E-state index in [1.807, 2.05) is 11.4 Å². The van der Waals surface area contributed by atoms with Gasteiger partial charge in [-0.25, -0.2) is 0 Å². The van der Waals surface area contributed by atoms with Gasteiger partial charge in [0.1, 0.15) is 17.6 Å². The molecule has 10 heavy (non-hydrogen) atoms. The molecule has 0 spiro atoms. The molecule has 0 aromatic carbocycles. The maximum atomic E-state index is 4.06. The van der Waals surface area contributed by atoms with Gasteiger partial charge in [-0.3, -0.25) is 5.10 Å². The monoisotopic (exact) mass is 151 g/mol. The van der Waals surface area contributed by atoms with Crippen LogP contribution in [0.1, 0.15) is 0 Å². The summed E-state index contributed by atoms with van der Waals surface area (Å²) in [5.74, 6) is 0. The van der Waals surface area contributed by atoms with Crippen molar-refractivity contribution in [1.82, 2.24) is 19.8 Å². The smallest absolute Gasteiger partial charge is 0.145 e. The summed E-state index contributed by atoms with van der Waals surface area (Å²) in [4.78, 5) is 0. The fourth-order valence-electron chi connectivity index (χ4n) is 0.631. The number of rotatable bonds is 1. The molecule has 2 rings (SSSR count). The normalized spacial score (nSPS) is 10.0. The third-order valence-electron chi connectivity index (χ3n) is 1.07. The molecule has 2 heterocycles. The lowest BCUT2D eigenvalue weighted by atomic mass is 10.3. The van der Waals surface area contributed by atoms with Gasteiger partial charge in [0.05, 0.1) is 0 Å². The zero-order valence-corrected chi connectivity index (χ0v) is 5.72. The van der Waals surface area contributed by atoms with Gasteiger partial charge in [-0.15, -0.1) is 5.10 Å². The Morgan fingerprint density at radius 3 is 3.20 bits per heavy atom. The highest BCUT2D eigenvalue weighted by atomic mass is 32.1. The van der Waals surface area contributed by atoms with Gasteiger partial charge in [0.15, 0.2) is 0 Å². The number of H-pyrrole nitrogens is 1. The molecule has 4 nitrogen and oxygen atoms in total. The van der Waals surface area contributed by atoms with E-state index in [0.29, 0.717) is 0 Å². The molecule has 1 N–H and O–H groups in total. The molecule has 0 fully saturated rings. The lowest BCUT2D eigenvalue weighted by Crippen LogP contribution is -1.74. The van der Waals surface area contributed by atoms with Crippen molar-refractivity contribution in [3.05, 3.63) is 17.6 Å². The van der Waals surface area contributed by atoms with Crippen molar-refractivity contribution in [3.8, 4) is 11.4 Å². The Labute approximate surface area is 61.1 Å². The van der Waals surface area contributed by atoms with E-state index in [4.69, 9.17) is 0 Å². The Morgan fingerprint density at radius 1 is 1.60 bits per heavy atom. The molecule has 49 valence electrons. The first-order valence-corrected chi connectivity index (χ1v) is 3.50. The van der Waals surface area contributed by atoms with Gasteiger partial charge in [0.25, 0.3) is 0 Å². The number of nitrogens with zero attached hydrogens (tertiary/aromatic N) is 3. The predicted octanol–water partition coefficient (Wildman–Crippen LogP) is 0.728. The van der Waals surface area contributed by atoms with E-state index in [1.165, 1.54) is 11.5 Å². The number of hydrogen-bond acceptors (Lipinski definition) is 4. The van der Waals surface area contributed by atoms with Gasteiger partial charge >= 0.3 is 0 Å². The summed E-state index contributed by atoms with van der Waals surface area (Å²) in [5, 5.41) is 11.6. The largest absolute Gasteiger partial charge is 0.255 e. The molecule has 0 bridgehead atoms. The molecule has 5 heteroatoms. The van der Waals surface area contributed by atoms with Crippen LogP contribution >= 0.6 is 11.5 Å². The van der Waals surface area contributed by atoms with Crippen LogP contribution < -0.4 is 0 Å². The zero-order chi connectivity index (χ0) is 6.81. The van der Waals surface area contributed by atoms with Gasteiger partial charge in [0.2, 0.25) is 0 Å². The van der Waals surface area contributed by atoms with E-state index < -0.39 is 0 Å². The first kappa shape index (κ1) is 5.55. The molecular weight excluding hydrogens is 148 g/mol. The predicted molar refractivity (Wildman–Crippen MR) is 36.3 cm³/mol. The van der Waals surface area contributed by atoms with Crippen LogP contribution in [0.3, 0.4) is 0 Å². The van der Waals surface area contributed by atoms with Crippen molar-refractivity contribution in [3.63, 3.8) is 0 Å². The quantitative estimate of drug-likeness (QED) is 0.653. The van der Waals surface area contributed by atoms with E-state index in [9.17, 15) is 0 Å². The summed E-state index contributed by atoms with van der Waals surface area (Å²) in [6.45, 7) is 0. The lowest BCUT2D eigenvalue weighted by molar-refractivity contribution is 0.939. The van der Waals surface area contributed by atoms with Gasteiger partial charge in [-0.2, -0.15) is 4.37 Å². The van der Waals surface area contributed by atoms with Gasteiger partial charge in [-0.05, 0) is 17.6 Å². The molecule has 0 aliphatic rings. The minimum absolute atomic E-state index is 0.737. The highest BCUT2D eigenvalue weighted by Gasteiger charge is 1.99. The van der Waals surface area contributed by atoms with E-state index in [0.717, 1.165) is 11.4 Å². The van der Waals surface area contributed by atoms with Crippen molar-refractivity contribution >= 4 is 11.5 Å². The highest BCUT2D eigenvalue weighted by Crippen LogP contribution is 2.12. The van der Waals surface area contributed by atoms with Crippen molar-refractivity contribution in [1.29, 1.82) is 0 Å². The van der Waals surface area contributed by atoms with Crippen molar-refractivity contribution < 1.29 is 0 Å². The van der Waals surface area contributed by atoms with Crippen LogP contribution in [-0.4, -0.2) is 19.8 Å². The molecule has 1 radical (unpaired) electrons. The van der Waals surface area contributed by atoms with Gasteiger partial charge < -0.3 is 0 Å². The first-order valence-electron chi connectivity index (χ1n) is 2.66. The minimum Gasteiger partial charge on any atom is -0.255 e. The Bertz CT molecular complexity index is 253. The summed E-state index contributed by atoms with van der Waals surface area (Å²) < 4.78 is 4.06. The Morgan fingerprint density at radius 2 is 2.60 bits per heavy atom. The van der Waals surface area contributed by atoms with E-state index >= 15 is 0 Å². The average molecular weight is 151 g/mol. The van der Waals surface area contributed by atoms with Crippen molar-refractivity contribution in [2.45, 2.75) is 0 Å². The maximum absolute atomic E-state index is 4.06. The number of nitrogens with one attached hydrogen (secondary N) is 1. The Hall–Kier alpha value is -1.23. The molecule has 2 aromatic heterocycles. The third-order valence-corrected chi connectivity index (χ3v) is 1.63. The molecular formula is C5H3N4S. The average Bonchev–Trinajstić information content (AvgIpc) is 2.59. The van der Waals surface area contributed by atoms with Crippen LogP contribution in [0.4, 0.5) is 0 Å². The van der Waals surface area contributed by atoms with Crippen LogP contribution in [0.2, 0.25) is 0 Å². The Kier molecular flexibility index (Phi) is 1.21. The molecule has 0 aliphatic carbocycles. The zero-order valence-electron chi connectivity index (χ0n) is 4.90. The second kappa shape index (κ2) is 2.18. The number of aromatic amines is 1. The van der Waals surface area contributed by atoms with Crippen LogP contribution in [0.5, 0.6) is 0 Å². The standard InChI is InChI=1S/C5H3N4S/c1-2-10-8-4(1)5-3-6-9-7-5/h1-2H,(H,6,7,9). The topological polar surface area (TPSA) is 54.5 Å². The summed E-state index contributed by atoms with van der Waals surface area (Å²) in [7, 11) is 0. The molecule has 0 amide bonds. The van der Waals surface area contributed by atoms with Crippen LogP contribution in [0, 0.1) is 6.20 Å². The molecule has 2 aromatic rings. The van der Waals surface area contributed by atoms with Crippen molar-refractivity contribution in [2.75, 3.05) is 0 Å². The fraction of sp³-hybridized carbons (Fsp3) is 0. The molecule has 0 aliphatic heterocycles.